The number of hydrogen-bond acceptors (Lipinski definition) is 5. The number of ether oxygens (including phenoxy) is 1. The highest BCUT2D eigenvalue weighted by molar-refractivity contribution is 5.76. The summed E-state index contributed by atoms with van der Waals surface area (Å²) in [5.74, 6) is 0.300. The first-order valence-corrected chi connectivity index (χ1v) is 7.52. The number of nitriles is 1. The molecule has 0 saturated carbocycles. The third-order valence-corrected chi connectivity index (χ3v) is 3.76. The summed E-state index contributed by atoms with van der Waals surface area (Å²) < 4.78 is 7.65. The molecule has 0 unspecified atom stereocenters. The Balaban J connectivity index is 1.62. The molecule has 118 valence electrons. The molecule has 1 aliphatic heterocycles. The van der Waals surface area contributed by atoms with Gasteiger partial charge in [-0.1, -0.05) is 0 Å². The third-order valence-electron chi connectivity index (χ3n) is 3.76. The van der Waals surface area contributed by atoms with Crippen molar-refractivity contribution in [3.63, 3.8) is 0 Å². The van der Waals surface area contributed by atoms with Crippen LogP contribution in [0.3, 0.4) is 0 Å². The second-order valence-electron chi connectivity index (χ2n) is 5.40. The van der Waals surface area contributed by atoms with Crippen LogP contribution in [-0.2, 0) is 11.3 Å². The predicted octanol–water partition coefficient (Wildman–Crippen LogP) is 1.22. The number of piperidine rings is 1. The smallest absolute Gasteiger partial charge is 0.251 e. The molecule has 7 nitrogen and oxygen atoms in total. The number of likely N-dealkylation sites (tertiary alicyclic amines) is 1. The van der Waals surface area contributed by atoms with Gasteiger partial charge in [-0.25, -0.2) is 9.97 Å². The van der Waals surface area contributed by atoms with Crippen LogP contribution in [0.15, 0.2) is 36.9 Å². The first kappa shape index (κ1) is 15.0. The van der Waals surface area contributed by atoms with Crippen LogP contribution in [0, 0.1) is 11.3 Å². The first-order valence-electron chi connectivity index (χ1n) is 7.52. The van der Waals surface area contributed by atoms with Gasteiger partial charge in [-0.2, -0.15) is 5.26 Å². The zero-order valence-electron chi connectivity index (χ0n) is 12.6. The van der Waals surface area contributed by atoms with Crippen molar-refractivity contribution in [2.24, 2.45) is 0 Å². The van der Waals surface area contributed by atoms with Gasteiger partial charge in [0.1, 0.15) is 18.7 Å². The van der Waals surface area contributed by atoms with Crippen LogP contribution in [-0.4, -0.2) is 44.5 Å². The summed E-state index contributed by atoms with van der Waals surface area (Å²) in [7, 11) is 0. The van der Waals surface area contributed by atoms with Gasteiger partial charge < -0.3 is 14.2 Å². The Morgan fingerprint density at radius 2 is 2.13 bits per heavy atom. The molecular weight excluding hydrogens is 294 g/mol. The molecule has 0 aliphatic carbocycles. The van der Waals surface area contributed by atoms with Gasteiger partial charge in [0.15, 0.2) is 0 Å². The maximum absolute atomic E-state index is 12.4. The van der Waals surface area contributed by atoms with Crippen molar-refractivity contribution in [2.75, 3.05) is 13.1 Å². The molecule has 0 N–H and O–H groups in total. The summed E-state index contributed by atoms with van der Waals surface area (Å²) in [6.07, 6.45) is 8.22. The van der Waals surface area contributed by atoms with E-state index in [-0.39, 0.29) is 23.6 Å². The number of aromatic nitrogens is 3. The SMILES string of the molecule is N#Cc1nccnc1O[C@@H]1CCCN(C(=O)Cn2cccc2)C1. The Kier molecular flexibility index (Phi) is 4.52. The Hall–Kier alpha value is -2.88. The van der Waals surface area contributed by atoms with Gasteiger partial charge in [0.05, 0.1) is 6.54 Å². The summed E-state index contributed by atoms with van der Waals surface area (Å²) in [6.45, 7) is 1.56. The maximum atomic E-state index is 12.4. The molecule has 1 saturated heterocycles. The van der Waals surface area contributed by atoms with Crippen LogP contribution in [0.25, 0.3) is 0 Å². The van der Waals surface area contributed by atoms with Crippen molar-refractivity contribution in [2.45, 2.75) is 25.5 Å². The quantitative estimate of drug-likeness (QED) is 0.847. The molecule has 23 heavy (non-hydrogen) atoms. The molecule has 0 spiro atoms. The van der Waals surface area contributed by atoms with Crippen molar-refractivity contribution >= 4 is 5.91 Å². The summed E-state index contributed by atoms with van der Waals surface area (Å²) in [4.78, 5) is 22.2. The van der Waals surface area contributed by atoms with Crippen molar-refractivity contribution in [1.29, 1.82) is 5.26 Å². The Labute approximate surface area is 134 Å². The zero-order chi connectivity index (χ0) is 16.1. The summed E-state index contributed by atoms with van der Waals surface area (Å²) in [5, 5.41) is 9.03. The fourth-order valence-electron chi connectivity index (χ4n) is 2.64. The van der Waals surface area contributed by atoms with E-state index in [2.05, 4.69) is 9.97 Å². The lowest BCUT2D eigenvalue weighted by Crippen LogP contribution is -2.45. The number of carbonyl (C=O) groups excluding carboxylic acids is 1. The minimum absolute atomic E-state index is 0.0640. The molecule has 0 bridgehead atoms. The van der Waals surface area contributed by atoms with Crippen molar-refractivity contribution in [1.82, 2.24) is 19.4 Å². The van der Waals surface area contributed by atoms with Crippen molar-refractivity contribution < 1.29 is 9.53 Å². The second-order valence-corrected chi connectivity index (χ2v) is 5.40. The van der Waals surface area contributed by atoms with E-state index in [9.17, 15) is 4.79 Å². The molecule has 0 aromatic carbocycles. The monoisotopic (exact) mass is 311 g/mol. The topological polar surface area (TPSA) is 84.0 Å². The minimum atomic E-state index is -0.166. The third kappa shape index (κ3) is 3.66. The van der Waals surface area contributed by atoms with Gasteiger partial charge in [0.25, 0.3) is 5.88 Å². The van der Waals surface area contributed by atoms with Crippen LogP contribution in [0.1, 0.15) is 18.5 Å². The number of amides is 1. The highest BCUT2D eigenvalue weighted by Gasteiger charge is 2.26. The Morgan fingerprint density at radius 1 is 1.35 bits per heavy atom. The van der Waals surface area contributed by atoms with Crippen LogP contribution in [0.5, 0.6) is 5.88 Å². The Morgan fingerprint density at radius 3 is 2.91 bits per heavy atom. The summed E-state index contributed by atoms with van der Waals surface area (Å²) in [5.41, 5.74) is 0.170. The van der Waals surface area contributed by atoms with E-state index in [0.717, 1.165) is 19.4 Å². The predicted molar refractivity (Wildman–Crippen MR) is 81.4 cm³/mol. The van der Waals surface area contributed by atoms with E-state index >= 15 is 0 Å². The molecule has 1 fully saturated rings. The molecule has 7 heteroatoms. The summed E-state index contributed by atoms with van der Waals surface area (Å²) in [6, 6.07) is 5.76. The van der Waals surface area contributed by atoms with E-state index in [0.29, 0.717) is 13.1 Å². The van der Waals surface area contributed by atoms with Gasteiger partial charge in [-0.3, -0.25) is 4.79 Å². The lowest BCUT2D eigenvalue weighted by molar-refractivity contribution is -0.134. The average molecular weight is 311 g/mol. The molecule has 2 aromatic rings. The molecule has 1 atom stereocenters. The lowest BCUT2D eigenvalue weighted by Gasteiger charge is -2.32. The molecule has 2 aromatic heterocycles. The molecule has 3 rings (SSSR count). The van der Waals surface area contributed by atoms with Crippen molar-refractivity contribution in [3.8, 4) is 11.9 Å². The number of nitrogens with zero attached hydrogens (tertiary/aromatic N) is 5. The van der Waals surface area contributed by atoms with E-state index in [1.165, 1.54) is 12.4 Å². The molecule has 0 radical (unpaired) electrons. The average Bonchev–Trinajstić information content (AvgIpc) is 3.08. The van der Waals surface area contributed by atoms with Crippen LogP contribution < -0.4 is 4.74 Å². The standard InChI is InChI=1S/C16H17N5O2/c17-10-14-16(19-6-5-18-14)23-13-4-3-9-21(11-13)15(22)12-20-7-1-2-8-20/h1-2,5-8,13H,3-4,9,11-12H2/t13-/m1/s1. The number of rotatable bonds is 4. The van der Waals surface area contributed by atoms with Gasteiger partial charge in [-0.15, -0.1) is 0 Å². The van der Waals surface area contributed by atoms with Gasteiger partial charge in [-0.05, 0) is 25.0 Å². The largest absolute Gasteiger partial charge is 0.470 e. The summed E-state index contributed by atoms with van der Waals surface area (Å²) >= 11 is 0. The highest BCUT2D eigenvalue weighted by Crippen LogP contribution is 2.18. The maximum Gasteiger partial charge on any atom is 0.251 e. The number of carbonyl (C=O) groups is 1. The normalized spacial score (nSPS) is 17.5. The molecule has 3 heterocycles. The van der Waals surface area contributed by atoms with E-state index < -0.39 is 0 Å². The Bertz CT molecular complexity index is 708. The van der Waals surface area contributed by atoms with Gasteiger partial charge >= 0.3 is 0 Å². The zero-order valence-corrected chi connectivity index (χ0v) is 12.6. The van der Waals surface area contributed by atoms with E-state index in [1.807, 2.05) is 35.2 Å². The van der Waals surface area contributed by atoms with Crippen molar-refractivity contribution in [3.05, 3.63) is 42.6 Å². The molecule has 1 aliphatic rings. The van der Waals surface area contributed by atoms with E-state index in [4.69, 9.17) is 10.00 Å². The lowest BCUT2D eigenvalue weighted by atomic mass is 10.1. The minimum Gasteiger partial charge on any atom is -0.470 e. The van der Waals surface area contributed by atoms with Crippen LogP contribution >= 0.6 is 0 Å². The highest BCUT2D eigenvalue weighted by atomic mass is 16.5. The van der Waals surface area contributed by atoms with E-state index in [1.54, 1.807) is 4.90 Å². The fraction of sp³-hybridized carbons (Fsp3) is 0.375. The first-order chi connectivity index (χ1) is 11.3. The van der Waals surface area contributed by atoms with Gasteiger partial charge in [0.2, 0.25) is 11.6 Å². The van der Waals surface area contributed by atoms with Crippen LogP contribution in [0.2, 0.25) is 0 Å². The number of hydrogen-bond donors (Lipinski definition) is 0. The molecular formula is C16H17N5O2. The van der Waals surface area contributed by atoms with Crippen LogP contribution in [0.4, 0.5) is 0 Å². The fourth-order valence-corrected chi connectivity index (χ4v) is 2.64. The second kappa shape index (κ2) is 6.92. The van der Waals surface area contributed by atoms with Gasteiger partial charge in [0, 0.05) is 31.3 Å². The molecule has 1 amide bonds.